The summed E-state index contributed by atoms with van der Waals surface area (Å²) in [6, 6.07) is 10.3. The lowest BCUT2D eigenvalue weighted by atomic mass is 9.89. The third-order valence-electron chi connectivity index (χ3n) is 5.52. The van der Waals surface area contributed by atoms with E-state index >= 15 is 0 Å². The van der Waals surface area contributed by atoms with Crippen molar-refractivity contribution in [2.75, 3.05) is 18.1 Å². The smallest absolute Gasteiger partial charge is 0.230 e. The number of hydrogen-bond donors (Lipinski definition) is 1. The highest BCUT2D eigenvalue weighted by atomic mass is 32.1. The SMILES string of the molecule is CC1CCc2sc3nc(N(CCO)Cc4ccccc4)n4ncnc4c3c2C1. The lowest BCUT2D eigenvalue weighted by Crippen LogP contribution is -2.29. The Morgan fingerprint density at radius 1 is 1.29 bits per heavy atom. The number of aliphatic hydroxyl groups is 1. The van der Waals surface area contributed by atoms with Gasteiger partial charge in [0.1, 0.15) is 11.2 Å². The molecule has 1 N–H and O–H groups in total. The molecule has 5 rings (SSSR count). The normalized spacial score (nSPS) is 16.6. The molecule has 1 aromatic carbocycles. The summed E-state index contributed by atoms with van der Waals surface area (Å²) in [4.78, 5) is 14.2. The first kappa shape index (κ1) is 17.6. The van der Waals surface area contributed by atoms with Crippen LogP contribution in [-0.2, 0) is 19.4 Å². The van der Waals surface area contributed by atoms with E-state index in [2.05, 4.69) is 34.0 Å². The molecule has 0 radical (unpaired) electrons. The Hall–Kier alpha value is -2.51. The van der Waals surface area contributed by atoms with Crippen LogP contribution in [0.15, 0.2) is 36.7 Å². The molecule has 1 unspecified atom stereocenters. The first-order valence-corrected chi connectivity index (χ1v) is 10.6. The summed E-state index contributed by atoms with van der Waals surface area (Å²) in [7, 11) is 0. The van der Waals surface area contributed by atoms with Crippen molar-refractivity contribution < 1.29 is 5.11 Å². The molecule has 4 aromatic rings. The van der Waals surface area contributed by atoms with Crippen molar-refractivity contribution in [3.63, 3.8) is 0 Å². The van der Waals surface area contributed by atoms with Gasteiger partial charge >= 0.3 is 0 Å². The molecule has 0 bridgehead atoms. The lowest BCUT2D eigenvalue weighted by molar-refractivity contribution is 0.300. The minimum atomic E-state index is 0.0567. The first-order chi connectivity index (χ1) is 13.7. The van der Waals surface area contributed by atoms with Gasteiger partial charge in [-0.25, -0.2) is 9.97 Å². The van der Waals surface area contributed by atoms with Gasteiger partial charge in [0.15, 0.2) is 5.65 Å². The second-order valence-electron chi connectivity index (χ2n) is 7.57. The molecule has 0 amide bonds. The summed E-state index contributed by atoms with van der Waals surface area (Å²) in [5.74, 6) is 1.43. The molecule has 0 spiro atoms. The maximum absolute atomic E-state index is 9.66. The van der Waals surface area contributed by atoms with E-state index < -0.39 is 0 Å². The van der Waals surface area contributed by atoms with E-state index in [9.17, 15) is 5.11 Å². The van der Waals surface area contributed by atoms with Crippen molar-refractivity contribution in [2.45, 2.75) is 32.7 Å². The van der Waals surface area contributed by atoms with E-state index in [1.807, 2.05) is 22.7 Å². The number of benzene rings is 1. The van der Waals surface area contributed by atoms with Gasteiger partial charge in [0, 0.05) is 18.0 Å². The van der Waals surface area contributed by atoms with Crippen LogP contribution in [0.5, 0.6) is 0 Å². The van der Waals surface area contributed by atoms with Crippen molar-refractivity contribution in [2.24, 2.45) is 5.92 Å². The van der Waals surface area contributed by atoms with Crippen molar-refractivity contribution in [1.82, 2.24) is 19.6 Å². The number of nitrogens with zero attached hydrogens (tertiary/aromatic N) is 5. The van der Waals surface area contributed by atoms with Gasteiger partial charge < -0.3 is 10.0 Å². The van der Waals surface area contributed by atoms with Crippen LogP contribution in [-0.4, -0.2) is 37.8 Å². The molecule has 3 heterocycles. The molecule has 0 fully saturated rings. The van der Waals surface area contributed by atoms with Crippen LogP contribution in [0.25, 0.3) is 15.9 Å². The van der Waals surface area contributed by atoms with Crippen LogP contribution in [0.1, 0.15) is 29.3 Å². The second kappa shape index (κ2) is 7.14. The summed E-state index contributed by atoms with van der Waals surface area (Å²) in [6.07, 6.45) is 5.05. The van der Waals surface area contributed by atoms with E-state index in [1.54, 1.807) is 17.7 Å². The Morgan fingerprint density at radius 3 is 2.96 bits per heavy atom. The molecule has 1 aliphatic carbocycles. The van der Waals surface area contributed by atoms with Crippen LogP contribution in [0, 0.1) is 5.92 Å². The average molecular weight is 394 g/mol. The predicted octanol–water partition coefficient (Wildman–Crippen LogP) is 3.46. The Kier molecular flexibility index (Phi) is 4.49. The highest BCUT2D eigenvalue weighted by Crippen LogP contribution is 2.39. The number of thiophene rings is 1. The number of aromatic nitrogens is 4. The monoisotopic (exact) mass is 393 g/mol. The zero-order valence-corrected chi connectivity index (χ0v) is 16.7. The summed E-state index contributed by atoms with van der Waals surface area (Å²) in [6.45, 7) is 3.53. The molecule has 1 atom stereocenters. The fourth-order valence-electron chi connectivity index (χ4n) is 4.13. The van der Waals surface area contributed by atoms with Crippen molar-refractivity contribution in [3.05, 3.63) is 52.7 Å². The Labute approximate surface area is 167 Å². The second-order valence-corrected chi connectivity index (χ2v) is 8.65. The van der Waals surface area contributed by atoms with Gasteiger partial charge in [0.05, 0.1) is 12.0 Å². The quantitative estimate of drug-likeness (QED) is 0.562. The Balaban J connectivity index is 1.66. The highest BCUT2D eigenvalue weighted by molar-refractivity contribution is 7.19. The zero-order valence-electron chi connectivity index (χ0n) is 15.9. The number of aliphatic hydroxyl groups excluding tert-OH is 1. The standard InChI is InChI=1S/C21H23N5OS/c1-14-7-8-17-16(11-14)18-19-22-13-23-26(19)21(24-20(18)28-17)25(9-10-27)12-15-5-3-2-4-6-15/h2-6,13-14,27H,7-12H2,1H3. The molecule has 0 saturated carbocycles. The van der Waals surface area contributed by atoms with Crippen molar-refractivity contribution in [1.29, 1.82) is 0 Å². The minimum absolute atomic E-state index is 0.0567. The van der Waals surface area contributed by atoms with Crippen LogP contribution in [0.3, 0.4) is 0 Å². The molecule has 6 nitrogen and oxygen atoms in total. The van der Waals surface area contributed by atoms with Gasteiger partial charge in [-0.2, -0.15) is 9.61 Å². The number of fused-ring (bicyclic) bond motifs is 5. The van der Waals surface area contributed by atoms with E-state index in [0.717, 1.165) is 34.7 Å². The van der Waals surface area contributed by atoms with Crippen LogP contribution >= 0.6 is 11.3 Å². The highest BCUT2D eigenvalue weighted by Gasteiger charge is 2.25. The summed E-state index contributed by atoms with van der Waals surface area (Å²) in [5, 5.41) is 15.3. The fraction of sp³-hybridized carbons (Fsp3) is 0.381. The summed E-state index contributed by atoms with van der Waals surface area (Å²) >= 11 is 1.79. The van der Waals surface area contributed by atoms with E-state index in [-0.39, 0.29) is 6.61 Å². The number of aryl methyl sites for hydroxylation is 1. The van der Waals surface area contributed by atoms with Gasteiger partial charge in [-0.05, 0) is 36.3 Å². The molecule has 144 valence electrons. The Morgan fingerprint density at radius 2 is 2.14 bits per heavy atom. The molecule has 0 aliphatic heterocycles. The Bertz CT molecular complexity index is 1120. The van der Waals surface area contributed by atoms with E-state index in [1.165, 1.54) is 22.4 Å². The number of hydrogen-bond acceptors (Lipinski definition) is 6. The molecule has 0 saturated heterocycles. The van der Waals surface area contributed by atoms with Gasteiger partial charge in [-0.15, -0.1) is 11.3 Å². The lowest BCUT2D eigenvalue weighted by Gasteiger charge is -2.23. The third-order valence-corrected chi connectivity index (χ3v) is 6.71. The molecule has 1 aliphatic rings. The van der Waals surface area contributed by atoms with Gasteiger partial charge in [0.25, 0.3) is 0 Å². The maximum Gasteiger partial charge on any atom is 0.230 e. The van der Waals surface area contributed by atoms with E-state index in [4.69, 9.17) is 4.98 Å². The van der Waals surface area contributed by atoms with E-state index in [0.29, 0.717) is 19.0 Å². The number of anilines is 1. The molecule has 28 heavy (non-hydrogen) atoms. The van der Waals surface area contributed by atoms with Gasteiger partial charge in [-0.3, -0.25) is 0 Å². The molecule has 7 heteroatoms. The minimum Gasteiger partial charge on any atom is -0.395 e. The average Bonchev–Trinajstić information content (AvgIpc) is 3.31. The zero-order chi connectivity index (χ0) is 19.1. The molecule has 3 aromatic heterocycles. The van der Waals surface area contributed by atoms with Crippen molar-refractivity contribution in [3.8, 4) is 0 Å². The van der Waals surface area contributed by atoms with Crippen LogP contribution in [0.4, 0.5) is 5.95 Å². The van der Waals surface area contributed by atoms with Crippen LogP contribution in [0.2, 0.25) is 0 Å². The number of rotatable bonds is 5. The maximum atomic E-state index is 9.66. The topological polar surface area (TPSA) is 66.5 Å². The van der Waals surface area contributed by atoms with Crippen molar-refractivity contribution >= 4 is 33.1 Å². The molecular weight excluding hydrogens is 370 g/mol. The van der Waals surface area contributed by atoms with Gasteiger partial charge in [0.2, 0.25) is 5.95 Å². The summed E-state index contributed by atoms with van der Waals surface area (Å²) in [5.41, 5.74) is 3.46. The summed E-state index contributed by atoms with van der Waals surface area (Å²) < 4.78 is 1.84. The molecular formula is C21H23N5OS. The third kappa shape index (κ3) is 2.95. The predicted molar refractivity (Wildman–Crippen MR) is 112 cm³/mol. The fourth-order valence-corrected chi connectivity index (χ4v) is 5.33. The van der Waals surface area contributed by atoms with Crippen LogP contribution < -0.4 is 4.90 Å². The largest absolute Gasteiger partial charge is 0.395 e. The van der Waals surface area contributed by atoms with Gasteiger partial charge in [-0.1, -0.05) is 37.3 Å². The first-order valence-electron chi connectivity index (χ1n) is 9.78.